The quantitative estimate of drug-likeness (QED) is 0.416. The Balaban J connectivity index is 1.91. The van der Waals surface area contributed by atoms with E-state index in [0.717, 1.165) is 53.7 Å². The number of hydrogen-bond donors (Lipinski definition) is 2. The fourth-order valence-electron chi connectivity index (χ4n) is 3.30. The molecule has 2 N–H and O–H groups in total. The minimum atomic E-state index is -0.0319. The summed E-state index contributed by atoms with van der Waals surface area (Å²) < 4.78 is 13.3. The van der Waals surface area contributed by atoms with E-state index in [-0.39, 0.29) is 5.56 Å². The van der Waals surface area contributed by atoms with Gasteiger partial charge in [-0.1, -0.05) is 0 Å². The second-order valence-corrected chi connectivity index (χ2v) is 6.86. The number of rotatable bonds is 10. The van der Waals surface area contributed by atoms with Crippen LogP contribution in [0.25, 0.3) is 21.7 Å². The second-order valence-electron chi connectivity index (χ2n) is 6.86. The van der Waals surface area contributed by atoms with Crippen LogP contribution < -0.4 is 25.7 Å². The van der Waals surface area contributed by atoms with Crippen LogP contribution in [0.3, 0.4) is 0 Å². The first-order chi connectivity index (χ1) is 13.7. The van der Waals surface area contributed by atoms with Crippen molar-refractivity contribution in [1.82, 2.24) is 15.2 Å². The van der Waals surface area contributed by atoms with Gasteiger partial charge in [0.2, 0.25) is 0 Å². The van der Waals surface area contributed by atoms with E-state index in [0.29, 0.717) is 18.6 Å². The Hall–Kier alpha value is -2.57. The lowest BCUT2D eigenvalue weighted by Gasteiger charge is -2.13. The van der Waals surface area contributed by atoms with Crippen LogP contribution in [0.5, 0.6) is 11.5 Å². The summed E-state index contributed by atoms with van der Waals surface area (Å²) in [5.74, 6) is 1.51. The topological polar surface area (TPSA) is 64.5 Å². The van der Waals surface area contributed by atoms with Crippen LogP contribution in [0, 0.1) is 0 Å². The maximum absolute atomic E-state index is 12.9. The van der Waals surface area contributed by atoms with Crippen molar-refractivity contribution in [2.45, 2.75) is 12.8 Å². The summed E-state index contributed by atoms with van der Waals surface area (Å²) in [5.41, 5.74) is 0.835. The number of benzene rings is 2. The van der Waals surface area contributed by atoms with Crippen molar-refractivity contribution in [3.05, 3.63) is 46.8 Å². The summed E-state index contributed by atoms with van der Waals surface area (Å²) >= 11 is 0. The molecule has 0 bridgehead atoms. The molecular weight excluding hydrogens is 354 g/mol. The minimum absolute atomic E-state index is 0.0319. The summed E-state index contributed by atoms with van der Waals surface area (Å²) in [4.78, 5) is 12.9. The standard InChI is InChI=1S/C22H29N3O3/c1-23-10-4-12-27-16-6-8-18-19-9-7-17(28-13-5-11-24-2)15-21(19)25(3)22(26)20(18)14-16/h6-9,14-15,23-24H,4-5,10-13H2,1-3H3. The van der Waals surface area contributed by atoms with Gasteiger partial charge in [-0.05, 0) is 75.7 Å². The Morgan fingerprint density at radius 1 is 0.821 bits per heavy atom. The van der Waals surface area contributed by atoms with Crippen molar-refractivity contribution in [3.8, 4) is 11.5 Å². The van der Waals surface area contributed by atoms with Gasteiger partial charge in [-0.3, -0.25) is 4.79 Å². The summed E-state index contributed by atoms with van der Waals surface area (Å²) in [6.07, 6.45) is 1.85. The van der Waals surface area contributed by atoms with E-state index < -0.39 is 0 Å². The molecule has 0 unspecified atom stereocenters. The lowest BCUT2D eigenvalue weighted by molar-refractivity contribution is 0.310. The predicted octanol–water partition coefficient (Wildman–Crippen LogP) is 2.67. The van der Waals surface area contributed by atoms with Crippen molar-refractivity contribution < 1.29 is 9.47 Å². The Kier molecular flexibility index (Phi) is 6.90. The van der Waals surface area contributed by atoms with Crippen LogP contribution >= 0.6 is 0 Å². The van der Waals surface area contributed by atoms with Crippen LogP contribution in [-0.2, 0) is 7.05 Å². The first-order valence-corrected chi connectivity index (χ1v) is 9.77. The third kappa shape index (κ3) is 4.46. The smallest absolute Gasteiger partial charge is 0.258 e. The van der Waals surface area contributed by atoms with Crippen LogP contribution in [0.15, 0.2) is 41.2 Å². The van der Waals surface area contributed by atoms with E-state index >= 15 is 0 Å². The van der Waals surface area contributed by atoms with Gasteiger partial charge in [-0.25, -0.2) is 0 Å². The second kappa shape index (κ2) is 9.57. The van der Waals surface area contributed by atoms with E-state index in [4.69, 9.17) is 9.47 Å². The number of hydrogen-bond acceptors (Lipinski definition) is 5. The zero-order valence-electron chi connectivity index (χ0n) is 16.9. The van der Waals surface area contributed by atoms with Crippen molar-refractivity contribution >= 4 is 21.7 Å². The molecule has 6 heteroatoms. The van der Waals surface area contributed by atoms with Crippen LogP contribution in [0.1, 0.15) is 12.8 Å². The Morgan fingerprint density at radius 3 is 2.00 bits per heavy atom. The average molecular weight is 383 g/mol. The molecule has 150 valence electrons. The van der Waals surface area contributed by atoms with E-state index in [1.54, 1.807) is 11.6 Å². The highest BCUT2D eigenvalue weighted by Gasteiger charge is 2.11. The molecule has 0 aliphatic heterocycles. The van der Waals surface area contributed by atoms with E-state index in [2.05, 4.69) is 10.6 Å². The van der Waals surface area contributed by atoms with E-state index in [9.17, 15) is 4.79 Å². The number of fused-ring (bicyclic) bond motifs is 3. The molecule has 0 spiro atoms. The van der Waals surface area contributed by atoms with Crippen molar-refractivity contribution in [3.63, 3.8) is 0 Å². The molecule has 0 amide bonds. The highest BCUT2D eigenvalue weighted by atomic mass is 16.5. The van der Waals surface area contributed by atoms with E-state index in [1.807, 2.05) is 50.5 Å². The van der Waals surface area contributed by atoms with Gasteiger partial charge in [-0.15, -0.1) is 0 Å². The number of nitrogens with one attached hydrogen (secondary N) is 2. The monoisotopic (exact) mass is 383 g/mol. The van der Waals surface area contributed by atoms with Gasteiger partial charge in [0.15, 0.2) is 0 Å². The summed E-state index contributed by atoms with van der Waals surface area (Å²) in [6.45, 7) is 3.08. The van der Waals surface area contributed by atoms with Crippen molar-refractivity contribution in [1.29, 1.82) is 0 Å². The number of ether oxygens (including phenoxy) is 2. The molecule has 0 atom stereocenters. The molecule has 1 heterocycles. The van der Waals surface area contributed by atoms with Gasteiger partial charge in [0.1, 0.15) is 11.5 Å². The molecule has 1 aromatic heterocycles. The lowest BCUT2D eigenvalue weighted by atomic mass is 10.1. The van der Waals surface area contributed by atoms with Crippen molar-refractivity contribution in [2.75, 3.05) is 40.4 Å². The molecule has 0 saturated heterocycles. The Labute approximate surface area is 165 Å². The molecule has 3 rings (SSSR count). The van der Waals surface area contributed by atoms with Crippen LogP contribution in [0.4, 0.5) is 0 Å². The van der Waals surface area contributed by atoms with Crippen molar-refractivity contribution in [2.24, 2.45) is 7.05 Å². The molecular formula is C22H29N3O3. The highest BCUT2D eigenvalue weighted by Crippen LogP contribution is 2.28. The molecule has 0 radical (unpaired) electrons. The molecule has 2 aromatic carbocycles. The van der Waals surface area contributed by atoms with Crippen LogP contribution in [0.2, 0.25) is 0 Å². The zero-order chi connectivity index (χ0) is 19.9. The lowest BCUT2D eigenvalue weighted by Crippen LogP contribution is -2.17. The maximum atomic E-state index is 12.9. The number of nitrogens with zero attached hydrogens (tertiary/aromatic N) is 1. The number of pyridine rings is 1. The van der Waals surface area contributed by atoms with Gasteiger partial charge < -0.3 is 24.7 Å². The molecule has 0 saturated carbocycles. The van der Waals surface area contributed by atoms with Crippen LogP contribution in [-0.4, -0.2) is 45.0 Å². The van der Waals surface area contributed by atoms with Gasteiger partial charge >= 0.3 is 0 Å². The largest absolute Gasteiger partial charge is 0.494 e. The normalized spacial score (nSPS) is 11.2. The van der Waals surface area contributed by atoms with Gasteiger partial charge in [-0.2, -0.15) is 0 Å². The molecule has 6 nitrogen and oxygen atoms in total. The third-order valence-electron chi connectivity index (χ3n) is 4.83. The molecule has 0 fully saturated rings. The fraction of sp³-hybridized carbons (Fsp3) is 0.409. The highest BCUT2D eigenvalue weighted by molar-refractivity contribution is 6.06. The van der Waals surface area contributed by atoms with E-state index in [1.165, 1.54) is 0 Å². The minimum Gasteiger partial charge on any atom is -0.494 e. The first-order valence-electron chi connectivity index (χ1n) is 9.77. The molecule has 28 heavy (non-hydrogen) atoms. The zero-order valence-corrected chi connectivity index (χ0v) is 16.9. The Bertz CT molecular complexity index is 998. The maximum Gasteiger partial charge on any atom is 0.258 e. The summed E-state index contributed by atoms with van der Waals surface area (Å²) in [5, 5.41) is 8.83. The number of aryl methyl sites for hydroxylation is 1. The molecule has 0 aliphatic rings. The van der Waals surface area contributed by atoms with Gasteiger partial charge in [0.05, 0.1) is 24.1 Å². The number of aromatic nitrogens is 1. The summed E-state index contributed by atoms with van der Waals surface area (Å²) in [6, 6.07) is 11.7. The molecule has 3 aromatic rings. The van der Waals surface area contributed by atoms with Gasteiger partial charge in [0.25, 0.3) is 5.56 Å². The molecule has 0 aliphatic carbocycles. The third-order valence-corrected chi connectivity index (χ3v) is 4.83. The Morgan fingerprint density at radius 2 is 1.39 bits per heavy atom. The SMILES string of the molecule is CNCCCOc1ccc2c(c1)c(=O)n(C)c1cc(OCCCNC)ccc21. The summed E-state index contributed by atoms with van der Waals surface area (Å²) in [7, 11) is 5.65. The predicted molar refractivity (Wildman–Crippen MR) is 115 cm³/mol. The fourth-order valence-corrected chi connectivity index (χ4v) is 3.30. The first kappa shape index (κ1) is 20.2. The average Bonchev–Trinajstić information content (AvgIpc) is 2.72. The van der Waals surface area contributed by atoms with Gasteiger partial charge in [0, 0.05) is 18.5 Å².